The zero-order chi connectivity index (χ0) is 17.6. The van der Waals surface area contributed by atoms with Crippen LogP contribution in [0.1, 0.15) is 33.4 Å². The van der Waals surface area contributed by atoms with Crippen LogP contribution in [-0.2, 0) is 6.42 Å². The topological polar surface area (TPSA) is 27.1 Å². The van der Waals surface area contributed by atoms with Crippen molar-refractivity contribution >= 4 is 13.4 Å². The average molecular weight is 324 g/mol. The minimum atomic E-state index is -4.69. The molecule has 3 nitrogen and oxygen atoms in total. The van der Waals surface area contributed by atoms with Crippen LogP contribution in [-0.4, -0.2) is 24.0 Å². The van der Waals surface area contributed by atoms with Gasteiger partial charge in [-0.1, -0.05) is 27.7 Å². The van der Waals surface area contributed by atoms with Gasteiger partial charge >= 0.3 is 6.36 Å². The monoisotopic (exact) mass is 324 g/mol. The molecule has 0 amide bonds. The number of hydrogen-bond donors (Lipinski definition) is 0. The first-order valence-electron chi connectivity index (χ1n) is 7.45. The Morgan fingerprint density at radius 1 is 1.17 bits per heavy atom. The van der Waals surface area contributed by atoms with Crippen molar-refractivity contribution in [3.8, 4) is 11.4 Å². The van der Waals surface area contributed by atoms with Gasteiger partial charge in [0, 0.05) is 11.3 Å². The normalized spacial score (nSPS) is 11.1. The van der Waals surface area contributed by atoms with Crippen LogP contribution in [0.5, 0.6) is 5.75 Å². The van der Waals surface area contributed by atoms with E-state index in [1.54, 1.807) is 10.7 Å². The maximum absolute atomic E-state index is 12.1. The molecule has 0 aliphatic rings. The Labute approximate surface area is 135 Å². The first-order chi connectivity index (χ1) is 10.7. The van der Waals surface area contributed by atoms with E-state index >= 15 is 0 Å². The van der Waals surface area contributed by atoms with Crippen LogP contribution >= 0.6 is 0 Å². The molecule has 2 aromatic rings. The summed E-state index contributed by atoms with van der Waals surface area (Å²) in [5.74, 6) is 0.143. The van der Waals surface area contributed by atoms with Gasteiger partial charge in [-0.2, -0.15) is 5.10 Å². The van der Waals surface area contributed by atoms with Crippen molar-refractivity contribution in [3.63, 3.8) is 0 Å². The largest absolute Gasteiger partial charge is 0.573 e. The highest BCUT2D eigenvalue weighted by Crippen LogP contribution is 2.24. The van der Waals surface area contributed by atoms with Gasteiger partial charge in [0.05, 0.1) is 5.69 Å². The fourth-order valence-corrected chi connectivity index (χ4v) is 2.02. The summed E-state index contributed by atoms with van der Waals surface area (Å²) in [6, 6.07) is 7.29. The Kier molecular flexibility index (Phi) is 6.72. The highest BCUT2D eigenvalue weighted by atomic mass is 19.4. The van der Waals surface area contributed by atoms with Crippen LogP contribution in [0, 0.1) is 5.92 Å². The van der Waals surface area contributed by atoms with E-state index in [0.717, 1.165) is 12.1 Å². The first-order valence-corrected chi connectivity index (χ1v) is 7.45. The molecule has 2 radical (unpaired) electrons. The second-order valence-corrected chi connectivity index (χ2v) is 5.11. The summed E-state index contributed by atoms with van der Waals surface area (Å²) in [4.78, 5) is 0. The Bertz CT molecular complexity index is 607. The van der Waals surface area contributed by atoms with Crippen molar-refractivity contribution in [2.24, 2.45) is 5.92 Å². The highest BCUT2D eigenvalue weighted by molar-refractivity contribution is 6.30. The number of halogens is 3. The summed E-state index contributed by atoms with van der Waals surface area (Å²) in [5.41, 5.74) is 1.92. The summed E-state index contributed by atoms with van der Waals surface area (Å²) in [6.45, 7) is 8.13. The lowest BCUT2D eigenvalue weighted by molar-refractivity contribution is -0.274. The number of ether oxygens (including phenoxy) is 1. The number of hydrogen-bond acceptors (Lipinski definition) is 2. The summed E-state index contributed by atoms with van der Waals surface area (Å²) in [6.07, 6.45) is -3.93. The second-order valence-electron chi connectivity index (χ2n) is 5.11. The summed E-state index contributed by atoms with van der Waals surface area (Å²) < 4.78 is 41.8. The molecule has 0 N–H and O–H groups in total. The van der Waals surface area contributed by atoms with Crippen LogP contribution < -0.4 is 10.3 Å². The van der Waals surface area contributed by atoms with Crippen LogP contribution in [0.25, 0.3) is 5.69 Å². The molecule has 0 unspecified atom stereocenters. The molecule has 23 heavy (non-hydrogen) atoms. The number of nitrogens with zero attached hydrogens (tertiary/aromatic N) is 2. The van der Waals surface area contributed by atoms with Crippen LogP contribution in [0.4, 0.5) is 13.2 Å². The molecular weight excluding hydrogens is 304 g/mol. The third-order valence-electron chi connectivity index (χ3n) is 2.73. The van der Waals surface area contributed by atoms with Gasteiger partial charge < -0.3 is 4.74 Å². The molecule has 7 heteroatoms. The maximum Gasteiger partial charge on any atom is 0.573 e. The zero-order valence-electron chi connectivity index (χ0n) is 13.7. The lowest BCUT2D eigenvalue weighted by Gasteiger charge is -2.11. The lowest BCUT2D eigenvalue weighted by Crippen LogP contribution is -2.17. The Morgan fingerprint density at radius 3 is 2.22 bits per heavy atom. The highest BCUT2D eigenvalue weighted by Gasteiger charge is 2.31. The molecule has 0 saturated carbocycles. The fraction of sp³-hybridized carbons (Fsp3) is 0.438. The van der Waals surface area contributed by atoms with E-state index < -0.39 is 6.36 Å². The average Bonchev–Trinajstić information content (AvgIpc) is 2.80. The van der Waals surface area contributed by atoms with E-state index in [1.165, 1.54) is 24.3 Å². The third-order valence-corrected chi connectivity index (χ3v) is 2.73. The fourth-order valence-electron chi connectivity index (χ4n) is 2.02. The molecular formula is C16H20BF3N2O. The quantitative estimate of drug-likeness (QED) is 0.800. The smallest absolute Gasteiger partial charge is 0.406 e. The summed E-state index contributed by atoms with van der Waals surface area (Å²) >= 11 is 0. The Hall–Kier alpha value is -1.92. The number of benzene rings is 1. The molecule has 1 aromatic heterocycles. The van der Waals surface area contributed by atoms with Gasteiger partial charge in [0.25, 0.3) is 0 Å². The van der Waals surface area contributed by atoms with Crippen molar-refractivity contribution in [2.75, 3.05) is 0 Å². The Balaban J connectivity index is 0.00000127. The lowest BCUT2D eigenvalue weighted by atomic mass is 10.0. The zero-order valence-corrected chi connectivity index (χ0v) is 13.7. The number of rotatable bonds is 4. The van der Waals surface area contributed by atoms with Crippen molar-refractivity contribution in [3.05, 3.63) is 36.0 Å². The molecule has 0 saturated heterocycles. The minimum absolute atomic E-state index is 0.267. The molecule has 1 aromatic carbocycles. The van der Waals surface area contributed by atoms with Crippen LogP contribution in [0.2, 0.25) is 0 Å². The predicted octanol–water partition coefficient (Wildman–Crippen LogP) is 3.79. The SMILES string of the molecule is CC.[B]c1cc(CC(C)C)n(-c2ccc(OC(F)(F)F)cc2)n1. The second kappa shape index (κ2) is 8.08. The molecule has 0 fully saturated rings. The standard InChI is InChI=1S/C14H14BF3N2O.C2H6/c1-9(2)7-11-8-13(15)19-20(11)10-3-5-12(6-4-10)21-14(16,17)18;1-2/h3-6,8-9H,7H2,1-2H3;1-2H3. The van der Waals surface area contributed by atoms with Crippen LogP contribution in [0.3, 0.4) is 0 Å². The van der Waals surface area contributed by atoms with Crippen molar-refractivity contribution in [2.45, 2.75) is 40.5 Å². The van der Waals surface area contributed by atoms with Crippen molar-refractivity contribution in [1.29, 1.82) is 0 Å². The Morgan fingerprint density at radius 2 is 1.74 bits per heavy atom. The molecule has 0 atom stereocenters. The molecule has 0 aliphatic carbocycles. The number of alkyl halides is 3. The van der Waals surface area contributed by atoms with E-state index in [-0.39, 0.29) is 5.75 Å². The van der Waals surface area contributed by atoms with E-state index in [4.69, 9.17) is 7.85 Å². The van der Waals surface area contributed by atoms with Gasteiger partial charge in [0.15, 0.2) is 0 Å². The minimum Gasteiger partial charge on any atom is -0.406 e. The van der Waals surface area contributed by atoms with Crippen molar-refractivity contribution < 1.29 is 17.9 Å². The van der Waals surface area contributed by atoms with E-state index in [2.05, 4.69) is 23.7 Å². The molecule has 0 aliphatic heterocycles. The van der Waals surface area contributed by atoms with E-state index in [9.17, 15) is 13.2 Å². The van der Waals surface area contributed by atoms with Gasteiger partial charge in [-0.3, -0.25) is 0 Å². The van der Waals surface area contributed by atoms with Gasteiger partial charge in [0.2, 0.25) is 0 Å². The maximum atomic E-state index is 12.1. The molecule has 2 rings (SSSR count). The van der Waals surface area contributed by atoms with Crippen LogP contribution in [0.15, 0.2) is 30.3 Å². The third kappa shape index (κ3) is 6.00. The summed E-state index contributed by atoms with van der Waals surface area (Å²) in [7, 11) is 5.70. The molecule has 1 heterocycles. The van der Waals surface area contributed by atoms with Gasteiger partial charge in [-0.25, -0.2) is 4.68 Å². The molecule has 124 valence electrons. The molecule has 0 spiro atoms. The predicted molar refractivity (Wildman–Crippen MR) is 85.5 cm³/mol. The van der Waals surface area contributed by atoms with Gasteiger partial charge in [-0.05, 0) is 42.7 Å². The molecule has 0 bridgehead atoms. The van der Waals surface area contributed by atoms with Gasteiger partial charge in [0.1, 0.15) is 13.6 Å². The van der Waals surface area contributed by atoms with E-state index in [1.807, 2.05) is 13.8 Å². The van der Waals surface area contributed by atoms with E-state index in [0.29, 0.717) is 17.2 Å². The summed E-state index contributed by atoms with van der Waals surface area (Å²) in [5, 5.41) is 4.17. The van der Waals surface area contributed by atoms with Crippen molar-refractivity contribution in [1.82, 2.24) is 9.78 Å². The van der Waals surface area contributed by atoms with Gasteiger partial charge in [-0.15, -0.1) is 13.2 Å². The number of aromatic nitrogens is 2. The first kappa shape index (κ1) is 19.1.